The molecule has 2 aromatic carbocycles. The molecule has 1 aromatic heterocycles. The number of aromatic amines is 1. The molecular weight excluding hydrogens is 306 g/mol. The molecule has 0 bridgehead atoms. The van der Waals surface area contributed by atoms with Crippen molar-refractivity contribution in [3.63, 3.8) is 0 Å². The summed E-state index contributed by atoms with van der Waals surface area (Å²) in [7, 11) is 0. The fourth-order valence-electron chi connectivity index (χ4n) is 3.26. The molecule has 0 saturated carbocycles. The normalized spacial score (nSPS) is 12.7. The van der Waals surface area contributed by atoms with Gasteiger partial charge in [0.05, 0.1) is 12.1 Å². The van der Waals surface area contributed by atoms with E-state index in [1.807, 2.05) is 30.3 Å². The molecule has 5 nitrogen and oxygen atoms in total. The summed E-state index contributed by atoms with van der Waals surface area (Å²) in [5.41, 5.74) is 4.70. The predicted molar refractivity (Wildman–Crippen MR) is 90.6 cm³/mol. The molecule has 5 heteroatoms. The van der Waals surface area contributed by atoms with Crippen LogP contribution in [0.3, 0.4) is 0 Å². The Morgan fingerprint density at radius 3 is 2.83 bits per heavy atom. The van der Waals surface area contributed by atoms with Gasteiger partial charge in [0.1, 0.15) is 0 Å². The van der Waals surface area contributed by atoms with Crippen LogP contribution in [0.4, 0.5) is 0 Å². The van der Waals surface area contributed by atoms with Gasteiger partial charge in [-0.05, 0) is 35.7 Å². The van der Waals surface area contributed by atoms with E-state index in [2.05, 4.69) is 18.0 Å². The van der Waals surface area contributed by atoms with Gasteiger partial charge in [0, 0.05) is 16.5 Å². The Morgan fingerprint density at radius 1 is 1.21 bits per heavy atom. The highest BCUT2D eigenvalue weighted by atomic mass is 16.7. The second-order valence-electron chi connectivity index (χ2n) is 5.81. The molecule has 4 rings (SSSR count). The van der Waals surface area contributed by atoms with Gasteiger partial charge in [0.15, 0.2) is 11.5 Å². The molecular formula is C19H17NO4. The number of hydrogen-bond donors (Lipinski definition) is 2. The summed E-state index contributed by atoms with van der Waals surface area (Å²) in [6.45, 7) is 2.31. The number of carboxylic acid groups (broad SMARTS) is 1. The van der Waals surface area contributed by atoms with E-state index < -0.39 is 5.97 Å². The summed E-state index contributed by atoms with van der Waals surface area (Å²) in [5, 5.41) is 10.3. The molecule has 0 atom stereocenters. The van der Waals surface area contributed by atoms with Gasteiger partial charge in [-0.15, -0.1) is 0 Å². The maximum atomic E-state index is 11.4. The van der Waals surface area contributed by atoms with Crippen LogP contribution in [0.2, 0.25) is 0 Å². The third kappa shape index (κ3) is 2.29. The highest BCUT2D eigenvalue weighted by molar-refractivity contribution is 5.95. The topological polar surface area (TPSA) is 71.6 Å². The molecule has 3 aromatic rings. The number of hydrogen-bond acceptors (Lipinski definition) is 3. The van der Waals surface area contributed by atoms with Gasteiger partial charge >= 0.3 is 5.97 Å². The zero-order valence-electron chi connectivity index (χ0n) is 13.3. The number of carboxylic acids is 1. The lowest BCUT2D eigenvalue weighted by Gasteiger charge is -2.04. The Kier molecular flexibility index (Phi) is 3.41. The smallest absolute Gasteiger partial charge is 0.307 e. The first kappa shape index (κ1) is 14.6. The number of carbonyl (C=O) groups is 1. The zero-order chi connectivity index (χ0) is 16.7. The quantitative estimate of drug-likeness (QED) is 0.767. The Morgan fingerprint density at radius 2 is 2.04 bits per heavy atom. The Labute approximate surface area is 138 Å². The standard InChI is InChI=1S/C19H17NO4/c1-2-11-4-3-5-13-14(9-17(21)22)19(20-18(11)13)12-6-7-15-16(8-12)24-10-23-15/h3-8,20H,2,9-10H2,1H3,(H,21,22). The number of H-pyrrole nitrogens is 1. The monoisotopic (exact) mass is 323 g/mol. The van der Waals surface area contributed by atoms with E-state index >= 15 is 0 Å². The molecule has 1 aliphatic heterocycles. The van der Waals surface area contributed by atoms with E-state index in [0.29, 0.717) is 11.5 Å². The lowest BCUT2D eigenvalue weighted by Crippen LogP contribution is -2.01. The maximum absolute atomic E-state index is 11.4. The summed E-state index contributed by atoms with van der Waals surface area (Å²) in [5.74, 6) is 0.548. The summed E-state index contributed by atoms with van der Waals surface area (Å²) < 4.78 is 10.8. The van der Waals surface area contributed by atoms with Crippen molar-refractivity contribution in [1.82, 2.24) is 4.98 Å². The van der Waals surface area contributed by atoms with E-state index in [9.17, 15) is 9.90 Å². The fourth-order valence-corrected chi connectivity index (χ4v) is 3.26. The van der Waals surface area contributed by atoms with Gasteiger partial charge in [0.25, 0.3) is 0 Å². The highest BCUT2D eigenvalue weighted by Gasteiger charge is 2.20. The second kappa shape index (κ2) is 5.60. The fraction of sp³-hybridized carbons (Fsp3) is 0.211. The maximum Gasteiger partial charge on any atom is 0.307 e. The third-order valence-corrected chi connectivity index (χ3v) is 4.40. The average molecular weight is 323 g/mol. The summed E-state index contributed by atoms with van der Waals surface area (Å²) in [4.78, 5) is 14.8. The largest absolute Gasteiger partial charge is 0.481 e. The van der Waals surface area contributed by atoms with E-state index in [0.717, 1.165) is 34.1 Å². The first-order chi connectivity index (χ1) is 11.7. The Bertz CT molecular complexity index is 942. The number of rotatable bonds is 4. The van der Waals surface area contributed by atoms with Crippen LogP contribution in [0.5, 0.6) is 11.5 Å². The first-order valence-corrected chi connectivity index (χ1v) is 7.91. The molecule has 2 heterocycles. The number of aromatic nitrogens is 1. The molecule has 0 aliphatic carbocycles. The summed E-state index contributed by atoms with van der Waals surface area (Å²) in [6, 6.07) is 11.7. The zero-order valence-corrected chi connectivity index (χ0v) is 13.3. The number of fused-ring (bicyclic) bond motifs is 2. The van der Waals surface area contributed by atoms with Crippen molar-refractivity contribution in [3.8, 4) is 22.8 Å². The van der Waals surface area contributed by atoms with Crippen molar-refractivity contribution in [2.24, 2.45) is 0 Å². The molecule has 1 aliphatic rings. The van der Waals surface area contributed by atoms with Gasteiger partial charge in [-0.25, -0.2) is 0 Å². The molecule has 0 saturated heterocycles. The van der Waals surface area contributed by atoms with E-state index in [1.54, 1.807) is 0 Å². The van der Waals surface area contributed by atoms with Crippen molar-refractivity contribution in [3.05, 3.63) is 47.5 Å². The van der Waals surface area contributed by atoms with Gasteiger partial charge < -0.3 is 19.6 Å². The molecule has 2 N–H and O–H groups in total. The number of aryl methyl sites for hydroxylation is 1. The van der Waals surface area contributed by atoms with Crippen LogP contribution in [0.1, 0.15) is 18.1 Å². The van der Waals surface area contributed by atoms with Gasteiger partial charge in [-0.1, -0.05) is 25.1 Å². The summed E-state index contributed by atoms with van der Waals surface area (Å²) in [6.07, 6.45) is 0.849. The van der Waals surface area contributed by atoms with Crippen molar-refractivity contribution < 1.29 is 19.4 Å². The molecule has 122 valence electrons. The van der Waals surface area contributed by atoms with Gasteiger partial charge in [0.2, 0.25) is 6.79 Å². The first-order valence-electron chi connectivity index (χ1n) is 7.91. The molecule has 0 spiro atoms. The minimum atomic E-state index is -0.847. The molecule has 0 radical (unpaired) electrons. The highest BCUT2D eigenvalue weighted by Crippen LogP contribution is 2.39. The van der Waals surface area contributed by atoms with Crippen LogP contribution in [0.25, 0.3) is 22.2 Å². The number of para-hydroxylation sites is 1. The van der Waals surface area contributed by atoms with Gasteiger partial charge in [-0.3, -0.25) is 4.79 Å². The van der Waals surface area contributed by atoms with Gasteiger partial charge in [-0.2, -0.15) is 0 Å². The average Bonchev–Trinajstić information content (AvgIpc) is 3.18. The number of aliphatic carboxylic acids is 1. The SMILES string of the molecule is CCc1cccc2c(CC(=O)O)c(-c3ccc4c(c3)OCO4)[nH]c12. The Hall–Kier alpha value is -2.95. The predicted octanol–water partition coefficient (Wildman–Crippen LogP) is 3.75. The van der Waals surface area contributed by atoms with Crippen molar-refractivity contribution >= 4 is 16.9 Å². The lowest BCUT2D eigenvalue weighted by molar-refractivity contribution is -0.136. The van der Waals surface area contributed by atoms with Crippen LogP contribution < -0.4 is 9.47 Å². The third-order valence-electron chi connectivity index (χ3n) is 4.40. The molecule has 24 heavy (non-hydrogen) atoms. The molecule has 0 amide bonds. The number of nitrogens with one attached hydrogen (secondary N) is 1. The van der Waals surface area contributed by atoms with Crippen molar-refractivity contribution in [2.45, 2.75) is 19.8 Å². The Balaban J connectivity index is 1.95. The minimum Gasteiger partial charge on any atom is -0.481 e. The second-order valence-corrected chi connectivity index (χ2v) is 5.81. The van der Waals surface area contributed by atoms with E-state index in [4.69, 9.17) is 9.47 Å². The van der Waals surface area contributed by atoms with Crippen LogP contribution in [0, 0.1) is 0 Å². The van der Waals surface area contributed by atoms with Crippen LogP contribution >= 0.6 is 0 Å². The van der Waals surface area contributed by atoms with Crippen LogP contribution in [0.15, 0.2) is 36.4 Å². The number of benzene rings is 2. The molecule has 0 fully saturated rings. The lowest BCUT2D eigenvalue weighted by atomic mass is 10.0. The van der Waals surface area contributed by atoms with Crippen molar-refractivity contribution in [2.75, 3.05) is 6.79 Å². The van der Waals surface area contributed by atoms with E-state index in [-0.39, 0.29) is 13.2 Å². The van der Waals surface area contributed by atoms with Crippen LogP contribution in [-0.2, 0) is 17.6 Å². The van der Waals surface area contributed by atoms with Crippen LogP contribution in [-0.4, -0.2) is 22.9 Å². The summed E-state index contributed by atoms with van der Waals surface area (Å²) >= 11 is 0. The number of ether oxygens (including phenoxy) is 2. The van der Waals surface area contributed by atoms with E-state index in [1.165, 1.54) is 5.56 Å². The molecule has 0 unspecified atom stereocenters. The minimum absolute atomic E-state index is 0.0308. The van der Waals surface area contributed by atoms with Crippen molar-refractivity contribution in [1.29, 1.82) is 0 Å².